The van der Waals surface area contributed by atoms with Gasteiger partial charge in [-0.2, -0.15) is 5.10 Å². The molecule has 1 aliphatic carbocycles. The maximum absolute atomic E-state index is 10.2. The van der Waals surface area contributed by atoms with E-state index >= 15 is 0 Å². The molecule has 0 atom stereocenters. The molecule has 62 valence electrons. The van der Waals surface area contributed by atoms with E-state index < -0.39 is 6.03 Å². The minimum absolute atomic E-state index is 0.580. The van der Waals surface area contributed by atoms with Crippen molar-refractivity contribution in [1.82, 2.24) is 5.43 Å². The predicted molar refractivity (Wildman–Crippen MR) is 43.2 cm³/mol. The molecule has 1 saturated carbocycles. The van der Waals surface area contributed by atoms with Gasteiger partial charge >= 0.3 is 6.03 Å². The average Bonchev–Trinajstić information content (AvgIpc) is 2.03. The Kier molecular flexibility index (Phi) is 2.89. The molecule has 0 aliphatic heterocycles. The van der Waals surface area contributed by atoms with E-state index in [1.165, 1.54) is 19.3 Å². The van der Waals surface area contributed by atoms with Crippen molar-refractivity contribution in [3.8, 4) is 0 Å². The molecule has 0 spiro atoms. The number of nitrogens with two attached hydrogens (primary N) is 1. The lowest BCUT2D eigenvalue weighted by molar-refractivity contribution is 0.249. The second kappa shape index (κ2) is 3.95. The van der Waals surface area contributed by atoms with Gasteiger partial charge in [-0.15, -0.1) is 0 Å². The van der Waals surface area contributed by atoms with Gasteiger partial charge < -0.3 is 5.73 Å². The molecule has 0 radical (unpaired) electrons. The van der Waals surface area contributed by atoms with E-state index in [4.69, 9.17) is 5.73 Å². The third kappa shape index (κ3) is 3.02. The Morgan fingerprint density at radius 2 is 2.00 bits per heavy atom. The first-order chi connectivity index (χ1) is 5.29. The summed E-state index contributed by atoms with van der Waals surface area (Å²) < 4.78 is 0. The summed E-state index contributed by atoms with van der Waals surface area (Å²) >= 11 is 0. The summed E-state index contributed by atoms with van der Waals surface area (Å²) in [6.07, 6.45) is 5.63. The number of hydrazone groups is 1. The van der Waals surface area contributed by atoms with Crippen molar-refractivity contribution in [2.75, 3.05) is 0 Å². The van der Waals surface area contributed by atoms with Gasteiger partial charge in [-0.1, -0.05) is 6.42 Å². The monoisotopic (exact) mass is 155 g/mol. The minimum Gasteiger partial charge on any atom is -0.350 e. The lowest BCUT2D eigenvalue weighted by Gasteiger charge is -2.11. The molecule has 1 fully saturated rings. The van der Waals surface area contributed by atoms with Crippen molar-refractivity contribution in [1.29, 1.82) is 0 Å². The molecular formula is C7H13N3O. The Morgan fingerprint density at radius 1 is 1.36 bits per heavy atom. The number of rotatable bonds is 1. The number of hydrogen-bond acceptors (Lipinski definition) is 2. The van der Waals surface area contributed by atoms with Crippen LogP contribution in [-0.2, 0) is 0 Å². The van der Waals surface area contributed by atoms with Crippen LogP contribution in [0.3, 0.4) is 0 Å². The van der Waals surface area contributed by atoms with Crippen LogP contribution in [0, 0.1) is 0 Å². The van der Waals surface area contributed by atoms with Crippen LogP contribution in [0.4, 0.5) is 4.79 Å². The number of urea groups is 1. The topological polar surface area (TPSA) is 67.5 Å². The zero-order chi connectivity index (χ0) is 8.10. The number of hydrogen-bond donors (Lipinski definition) is 2. The smallest absolute Gasteiger partial charge is 0.332 e. The summed E-state index contributed by atoms with van der Waals surface area (Å²) in [4.78, 5) is 10.2. The van der Waals surface area contributed by atoms with Crippen LogP contribution in [0.2, 0.25) is 0 Å². The Morgan fingerprint density at radius 3 is 2.55 bits per heavy atom. The molecule has 0 saturated heterocycles. The number of nitrogens with one attached hydrogen (secondary N) is 1. The highest BCUT2D eigenvalue weighted by atomic mass is 16.2. The van der Waals surface area contributed by atoms with Crippen LogP contribution >= 0.6 is 0 Å². The van der Waals surface area contributed by atoms with Crippen LogP contribution in [0.25, 0.3) is 0 Å². The van der Waals surface area contributed by atoms with E-state index in [9.17, 15) is 4.79 Å². The van der Waals surface area contributed by atoms with Gasteiger partial charge in [0.05, 0.1) is 0 Å². The highest BCUT2D eigenvalue weighted by Gasteiger charge is 2.06. The Labute approximate surface area is 65.8 Å². The number of primary amides is 1. The summed E-state index contributed by atoms with van der Waals surface area (Å²) in [7, 11) is 0. The fourth-order valence-electron chi connectivity index (χ4n) is 1.21. The van der Waals surface area contributed by atoms with E-state index in [1.807, 2.05) is 0 Å². The van der Waals surface area contributed by atoms with Crippen molar-refractivity contribution in [3.05, 3.63) is 0 Å². The van der Waals surface area contributed by atoms with Crippen molar-refractivity contribution in [2.45, 2.75) is 32.1 Å². The predicted octanol–water partition coefficient (Wildman–Crippen LogP) is 0.975. The molecule has 0 heterocycles. The van der Waals surface area contributed by atoms with Gasteiger partial charge in [0.1, 0.15) is 0 Å². The average molecular weight is 155 g/mol. The maximum Gasteiger partial charge on any atom is 0.332 e. The highest BCUT2D eigenvalue weighted by Crippen LogP contribution is 2.13. The van der Waals surface area contributed by atoms with E-state index in [0.29, 0.717) is 0 Å². The summed E-state index contributed by atoms with van der Waals surface area (Å²) in [6, 6.07) is -0.580. The summed E-state index contributed by atoms with van der Waals surface area (Å²) in [6.45, 7) is 0. The van der Waals surface area contributed by atoms with Crippen LogP contribution in [0.15, 0.2) is 5.10 Å². The first-order valence-corrected chi connectivity index (χ1v) is 3.90. The second-order valence-electron chi connectivity index (χ2n) is 2.71. The molecule has 0 aromatic rings. The SMILES string of the molecule is NC(=O)NN=C1CCCCC1. The van der Waals surface area contributed by atoms with E-state index in [0.717, 1.165) is 18.6 Å². The van der Waals surface area contributed by atoms with Gasteiger partial charge in [-0.25, -0.2) is 10.2 Å². The van der Waals surface area contributed by atoms with Crippen LogP contribution in [-0.4, -0.2) is 11.7 Å². The van der Waals surface area contributed by atoms with Gasteiger partial charge in [-0.3, -0.25) is 0 Å². The van der Waals surface area contributed by atoms with Crippen molar-refractivity contribution < 1.29 is 4.79 Å². The number of nitrogens with zero attached hydrogens (tertiary/aromatic N) is 1. The normalized spacial score (nSPS) is 17.6. The molecule has 4 nitrogen and oxygen atoms in total. The van der Waals surface area contributed by atoms with Gasteiger partial charge in [-0.05, 0) is 25.7 Å². The third-order valence-corrected chi connectivity index (χ3v) is 1.75. The summed E-state index contributed by atoms with van der Waals surface area (Å²) in [5.74, 6) is 0. The summed E-state index contributed by atoms with van der Waals surface area (Å²) in [5, 5.41) is 3.87. The van der Waals surface area contributed by atoms with Gasteiger partial charge in [0.25, 0.3) is 0 Å². The van der Waals surface area contributed by atoms with Crippen molar-refractivity contribution in [2.24, 2.45) is 10.8 Å². The molecule has 0 aromatic carbocycles. The molecule has 1 aliphatic rings. The van der Waals surface area contributed by atoms with E-state index in [2.05, 4.69) is 10.5 Å². The fourth-order valence-corrected chi connectivity index (χ4v) is 1.21. The quantitative estimate of drug-likeness (QED) is 0.544. The molecule has 2 amide bonds. The minimum atomic E-state index is -0.580. The number of amides is 2. The number of carbonyl (C=O) groups is 1. The molecule has 3 N–H and O–H groups in total. The molecule has 0 unspecified atom stereocenters. The highest BCUT2D eigenvalue weighted by molar-refractivity contribution is 5.86. The van der Waals surface area contributed by atoms with Crippen LogP contribution in [0.1, 0.15) is 32.1 Å². The second-order valence-corrected chi connectivity index (χ2v) is 2.71. The molecular weight excluding hydrogens is 142 g/mol. The first-order valence-electron chi connectivity index (χ1n) is 3.90. The molecule has 0 aromatic heterocycles. The van der Waals surface area contributed by atoms with Gasteiger partial charge in [0, 0.05) is 5.71 Å². The fraction of sp³-hybridized carbons (Fsp3) is 0.714. The van der Waals surface area contributed by atoms with E-state index in [-0.39, 0.29) is 0 Å². The van der Waals surface area contributed by atoms with Crippen LogP contribution < -0.4 is 11.2 Å². The zero-order valence-corrected chi connectivity index (χ0v) is 6.47. The summed E-state index contributed by atoms with van der Waals surface area (Å²) in [5.41, 5.74) is 8.16. The largest absolute Gasteiger partial charge is 0.350 e. The molecule has 4 heteroatoms. The van der Waals surface area contributed by atoms with Crippen molar-refractivity contribution in [3.63, 3.8) is 0 Å². The maximum atomic E-state index is 10.2. The Hall–Kier alpha value is -1.06. The Bertz CT molecular complexity index is 169. The van der Waals surface area contributed by atoms with Crippen molar-refractivity contribution >= 4 is 11.7 Å². The lowest BCUT2D eigenvalue weighted by Crippen LogP contribution is -2.26. The third-order valence-electron chi connectivity index (χ3n) is 1.75. The Balaban J connectivity index is 2.32. The lowest BCUT2D eigenvalue weighted by atomic mass is 9.99. The first kappa shape index (κ1) is 8.04. The van der Waals surface area contributed by atoms with Gasteiger partial charge in [0.15, 0.2) is 0 Å². The zero-order valence-electron chi connectivity index (χ0n) is 6.47. The number of carbonyl (C=O) groups excluding carboxylic acids is 1. The molecule has 11 heavy (non-hydrogen) atoms. The van der Waals surface area contributed by atoms with E-state index in [1.54, 1.807) is 0 Å². The van der Waals surface area contributed by atoms with Crippen LogP contribution in [0.5, 0.6) is 0 Å². The molecule has 0 bridgehead atoms. The standard InChI is InChI=1S/C7H13N3O/c8-7(11)10-9-6-4-2-1-3-5-6/h1-5H2,(H3,8,10,11). The molecule has 1 rings (SSSR count). The van der Waals surface area contributed by atoms with Gasteiger partial charge in [0.2, 0.25) is 0 Å².